The van der Waals surface area contributed by atoms with Crippen LogP contribution in [0.4, 0.5) is 5.69 Å². The third-order valence-electron chi connectivity index (χ3n) is 4.35. The maximum absolute atomic E-state index is 12.8. The first-order chi connectivity index (χ1) is 11.6. The first kappa shape index (κ1) is 16.0. The molecule has 0 fully saturated rings. The average Bonchev–Trinajstić information content (AvgIpc) is 2.60. The zero-order valence-corrected chi connectivity index (χ0v) is 13.8. The number of aromatic nitrogens is 1. The summed E-state index contributed by atoms with van der Waals surface area (Å²) in [6.45, 7) is 4.25. The summed E-state index contributed by atoms with van der Waals surface area (Å²) in [6.07, 6.45) is 0.987. The van der Waals surface area contributed by atoms with Crippen molar-refractivity contribution in [2.24, 2.45) is 0 Å². The number of fused-ring (bicyclic) bond motifs is 1. The number of carbonyl (C=O) groups excluding carboxylic acids is 1. The lowest BCUT2D eigenvalue weighted by Crippen LogP contribution is -2.18. The summed E-state index contributed by atoms with van der Waals surface area (Å²) in [5.41, 5.74) is 2.65. The molecule has 0 bridgehead atoms. The van der Waals surface area contributed by atoms with Crippen molar-refractivity contribution in [1.29, 1.82) is 0 Å². The SMILES string of the molecule is CC[C@H](C)c1ccccc1NC(=O)c1cc(=O)[nH]c2ccccc12. The van der Waals surface area contributed by atoms with Crippen molar-refractivity contribution in [1.82, 2.24) is 4.98 Å². The van der Waals surface area contributed by atoms with Crippen LogP contribution in [0.1, 0.15) is 42.1 Å². The highest BCUT2D eigenvalue weighted by atomic mass is 16.2. The summed E-state index contributed by atoms with van der Waals surface area (Å²) in [4.78, 5) is 27.4. The lowest BCUT2D eigenvalue weighted by atomic mass is 9.96. The number of para-hydroxylation sites is 2. The quantitative estimate of drug-likeness (QED) is 0.753. The van der Waals surface area contributed by atoms with E-state index in [0.29, 0.717) is 17.0 Å². The van der Waals surface area contributed by atoms with Gasteiger partial charge in [-0.3, -0.25) is 9.59 Å². The number of hydrogen-bond acceptors (Lipinski definition) is 2. The van der Waals surface area contributed by atoms with E-state index in [9.17, 15) is 9.59 Å². The fourth-order valence-corrected chi connectivity index (χ4v) is 2.84. The first-order valence-electron chi connectivity index (χ1n) is 8.12. The Morgan fingerprint density at radius 1 is 1.12 bits per heavy atom. The van der Waals surface area contributed by atoms with E-state index in [1.54, 1.807) is 6.07 Å². The second-order valence-electron chi connectivity index (χ2n) is 5.94. The van der Waals surface area contributed by atoms with E-state index in [0.717, 1.165) is 23.1 Å². The lowest BCUT2D eigenvalue weighted by Gasteiger charge is -2.16. The van der Waals surface area contributed by atoms with Gasteiger partial charge in [-0.1, -0.05) is 50.2 Å². The van der Waals surface area contributed by atoms with Gasteiger partial charge in [-0.15, -0.1) is 0 Å². The van der Waals surface area contributed by atoms with Crippen LogP contribution < -0.4 is 10.9 Å². The van der Waals surface area contributed by atoms with Crippen molar-refractivity contribution in [3.8, 4) is 0 Å². The van der Waals surface area contributed by atoms with Gasteiger partial charge in [0.05, 0.1) is 5.56 Å². The number of pyridine rings is 1. The van der Waals surface area contributed by atoms with Crippen LogP contribution in [0.25, 0.3) is 10.9 Å². The Bertz CT molecular complexity index is 944. The van der Waals surface area contributed by atoms with Crippen LogP contribution >= 0.6 is 0 Å². The van der Waals surface area contributed by atoms with Gasteiger partial charge in [0.2, 0.25) is 5.56 Å². The molecule has 0 aliphatic heterocycles. The maximum Gasteiger partial charge on any atom is 0.256 e. The Morgan fingerprint density at radius 2 is 1.83 bits per heavy atom. The van der Waals surface area contributed by atoms with Crippen molar-refractivity contribution in [3.05, 3.63) is 76.1 Å². The maximum atomic E-state index is 12.8. The summed E-state index contributed by atoms with van der Waals surface area (Å²) >= 11 is 0. The van der Waals surface area contributed by atoms with Crippen LogP contribution in [0, 0.1) is 0 Å². The molecule has 3 rings (SSSR count). The van der Waals surface area contributed by atoms with Crippen LogP contribution in [-0.4, -0.2) is 10.9 Å². The van der Waals surface area contributed by atoms with Crippen LogP contribution in [-0.2, 0) is 0 Å². The molecule has 1 amide bonds. The van der Waals surface area contributed by atoms with Crippen LogP contribution in [0.3, 0.4) is 0 Å². The monoisotopic (exact) mass is 320 g/mol. The molecule has 4 heteroatoms. The molecule has 0 radical (unpaired) electrons. The highest BCUT2D eigenvalue weighted by molar-refractivity contribution is 6.12. The molecule has 0 unspecified atom stereocenters. The number of nitrogens with one attached hydrogen (secondary N) is 2. The summed E-state index contributed by atoms with van der Waals surface area (Å²) in [6, 6.07) is 16.5. The molecule has 2 N–H and O–H groups in total. The van der Waals surface area contributed by atoms with E-state index < -0.39 is 0 Å². The summed E-state index contributed by atoms with van der Waals surface area (Å²) in [5, 5.41) is 3.70. The zero-order valence-electron chi connectivity index (χ0n) is 13.8. The number of anilines is 1. The molecule has 4 nitrogen and oxygen atoms in total. The van der Waals surface area contributed by atoms with Gasteiger partial charge in [-0.2, -0.15) is 0 Å². The molecule has 0 aliphatic rings. The van der Waals surface area contributed by atoms with Crippen LogP contribution in [0.15, 0.2) is 59.4 Å². The fraction of sp³-hybridized carbons (Fsp3) is 0.200. The summed E-state index contributed by atoms with van der Waals surface area (Å²) in [7, 11) is 0. The third kappa shape index (κ3) is 3.08. The van der Waals surface area contributed by atoms with E-state index in [1.807, 2.05) is 42.5 Å². The highest BCUT2D eigenvalue weighted by Gasteiger charge is 2.15. The van der Waals surface area contributed by atoms with Gasteiger partial charge in [-0.25, -0.2) is 0 Å². The van der Waals surface area contributed by atoms with Gasteiger partial charge in [0.25, 0.3) is 5.91 Å². The highest BCUT2D eigenvalue weighted by Crippen LogP contribution is 2.27. The molecule has 1 aromatic heterocycles. The molecule has 24 heavy (non-hydrogen) atoms. The topological polar surface area (TPSA) is 62.0 Å². The van der Waals surface area contributed by atoms with Crippen molar-refractivity contribution in [2.45, 2.75) is 26.2 Å². The number of H-pyrrole nitrogens is 1. The number of rotatable bonds is 4. The molecule has 0 aliphatic carbocycles. The van der Waals surface area contributed by atoms with Crippen LogP contribution in [0.2, 0.25) is 0 Å². The number of benzene rings is 2. The van der Waals surface area contributed by atoms with E-state index in [1.165, 1.54) is 6.07 Å². The van der Waals surface area contributed by atoms with E-state index in [4.69, 9.17) is 0 Å². The molecule has 0 saturated heterocycles. The Morgan fingerprint density at radius 3 is 2.62 bits per heavy atom. The van der Waals surface area contributed by atoms with E-state index in [2.05, 4.69) is 24.1 Å². The first-order valence-corrected chi connectivity index (χ1v) is 8.12. The van der Waals surface area contributed by atoms with Gasteiger partial charge >= 0.3 is 0 Å². The molecule has 122 valence electrons. The average molecular weight is 320 g/mol. The summed E-state index contributed by atoms with van der Waals surface area (Å²) in [5.74, 6) is 0.0745. The van der Waals surface area contributed by atoms with E-state index >= 15 is 0 Å². The number of hydrogen-bond donors (Lipinski definition) is 2. The normalized spacial score (nSPS) is 12.1. The Labute approximate surface area is 140 Å². The van der Waals surface area contributed by atoms with Crippen molar-refractivity contribution in [3.63, 3.8) is 0 Å². The Balaban J connectivity index is 2.02. The minimum Gasteiger partial charge on any atom is -0.322 e. The molecule has 1 atom stereocenters. The van der Waals surface area contributed by atoms with Gasteiger partial charge in [0.15, 0.2) is 0 Å². The second kappa shape index (κ2) is 6.71. The smallest absolute Gasteiger partial charge is 0.256 e. The van der Waals surface area contributed by atoms with Crippen molar-refractivity contribution >= 4 is 22.5 Å². The molecule has 1 heterocycles. The predicted octanol–water partition coefficient (Wildman–Crippen LogP) is 4.29. The van der Waals surface area contributed by atoms with Gasteiger partial charge in [0, 0.05) is 22.7 Å². The molecular weight excluding hydrogens is 300 g/mol. The molecule has 2 aromatic carbocycles. The largest absolute Gasteiger partial charge is 0.322 e. The standard InChI is InChI=1S/C20H20N2O2/c1-3-13(2)14-8-4-6-10-17(14)22-20(24)16-12-19(23)21-18-11-7-5-9-15(16)18/h4-13H,3H2,1-2H3,(H,21,23)(H,22,24)/t13-/m0/s1. The second-order valence-corrected chi connectivity index (χ2v) is 5.94. The molecular formula is C20H20N2O2. The van der Waals surface area contributed by atoms with Crippen molar-refractivity contribution in [2.75, 3.05) is 5.32 Å². The van der Waals surface area contributed by atoms with Gasteiger partial charge < -0.3 is 10.3 Å². The number of amides is 1. The van der Waals surface area contributed by atoms with Gasteiger partial charge in [0.1, 0.15) is 0 Å². The Kier molecular flexibility index (Phi) is 4.47. The van der Waals surface area contributed by atoms with E-state index in [-0.39, 0.29) is 11.5 Å². The predicted molar refractivity (Wildman–Crippen MR) is 97.7 cm³/mol. The minimum atomic E-state index is -0.283. The Hall–Kier alpha value is -2.88. The molecule has 0 spiro atoms. The number of carbonyl (C=O) groups is 1. The zero-order chi connectivity index (χ0) is 17.1. The minimum absolute atomic E-state index is 0.270. The number of aromatic amines is 1. The third-order valence-corrected chi connectivity index (χ3v) is 4.35. The van der Waals surface area contributed by atoms with Gasteiger partial charge in [-0.05, 0) is 30.0 Å². The lowest BCUT2D eigenvalue weighted by molar-refractivity contribution is 0.102. The summed E-state index contributed by atoms with van der Waals surface area (Å²) < 4.78 is 0. The van der Waals surface area contributed by atoms with Crippen LogP contribution in [0.5, 0.6) is 0 Å². The molecule has 0 saturated carbocycles. The van der Waals surface area contributed by atoms with Crippen molar-refractivity contribution < 1.29 is 4.79 Å². The molecule has 3 aromatic rings. The fourth-order valence-electron chi connectivity index (χ4n) is 2.84.